The first-order valence-electron chi connectivity index (χ1n) is 7.27. The first kappa shape index (κ1) is 13.1. The lowest BCUT2D eigenvalue weighted by Crippen LogP contribution is -2.34. The highest BCUT2D eigenvalue weighted by Gasteiger charge is 2.17. The molecule has 2 aromatic heterocycles. The average Bonchev–Trinajstić information content (AvgIpc) is 2.96. The number of aromatic nitrogens is 3. The van der Waals surface area contributed by atoms with Crippen molar-refractivity contribution in [1.29, 1.82) is 0 Å². The van der Waals surface area contributed by atoms with E-state index in [4.69, 9.17) is 0 Å². The molecule has 0 unspecified atom stereocenters. The number of rotatable bonds is 5. The molecule has 0 spiro atoms. The summed E-state index contributed by atoms with van der Waals surface area (Å²) in [7, 11) is 0. The van der Waals surface area contributed by atoms with Gasteiger partial charge < -0.3 is 14.8 Å². The third-order valence-electron chi connectivity index (χ3n) is 3.63. The molecule has 0 fully saturated rings. The Morgan fingerprint density at radius 3 is 3.00 bits per heavy atom. The first-order chi connectivity index (χ1) is 9.86. The van der Waals surface area contributed by atoms with Crippen molar-refractivity contribution in [1.82, 2.24) is 19.9 Å². The molecule has 1 aliphatic rings. The van der Waals surface area contributed by atoms with E-state index in [1.54, 1.807) is 0 Å². The highest BCUT2D eigenvalue weighted by molar-refractivity contribution is 5.40. The van der Waals surface area contributed by atoms with Crippen LogP contribution in [-0.2, 0) is 19.6 Å². The van der Waals surface area contributed by atoms with E-state index in [0.29, 0.717) is 0 Å². The molecule has 106 valence electrons. The number of nitrogens with one attached hydrogen (secondary N) is 1. The van der Waals surface area contributed by atoms with Crippen LogP contribution in [0.3, 0.4) is 0 Å². The van der Waals surface area contributed by atoms with Crippen molar-refractivity contribution in [2.24, 2.45) is 0 Å². The van der Waals surface area contributed by atoms with E-state index in [2.05, 4.69) is 43.8 Å². The summed E-state index contributed by atoms with van der Waals surface area (Å²) in [6, 6.07) is 4.27. The molecule has 5 nitrogen and oxygen atoms in total. The SMILES string of the molecule is CCCNCc1ccc(N2CCn3ccnc3C2)nc1. The molecule has 0 atom stereocenters. The smallest absolute Gasteiger partial charge is 0.128 e. The Balaban J connectivity index is 1.63. The second kappa shape index (κ2) is 6.05. The van der Waals surface area contributed by atoms with E-state index in [1.165, 1.54) is 5.56 Å². The summed E-state index contributed by atoms with van der Waals surface area (Å²) in [6.45, 7) is 6.94. The Kier molecular flexibility index (Phi) is 3.97. The molecule has 0 aromatic carbocycles. The monoisotopic (exact) mass is 271 g/mol. The fraction of sp³-hybridized carbons (Fsp3) is 0.467. The zero-order valence-corrected chi connectivity index (χ0v) is 11.9. The third-order valence-corrected chi connectivity index (χ3v) is 3.63. The highest BCUT2D eigenvalue weighted by atomic mass is 15.3. The average molecular weight is 271 g/mol. The Morgan fingerprint density at radius 1 is 1.25 bits per heavy atom. The fourth-order valence-corrected chi connectivity index (χ4v) is 2.49. The zero-order chi connectivity index (χ0) is 13.8. The predicted octanol–water partition coefficient (Wildman–Crippen LogP) is 1.80. The van der Waals surface area contributed by atoms with Gasteiger partial charge in [0.25, 0.3) is 0 Å². The second-order valence-electron chi connectivity index (χ2n) is 5.16. The van der Waals surface area contributed by atoms with E-state index in [0.717, 1.165) is 50.8 Å². The quantitative estimate of drug-likeness (QED) is 0.842. The van der Waals surface area contributed by atoms with Crippen LogP contribution < -0.4 is 10.2 Å². The van der Waals surface area contributed by atoms with Gasteiger partial charge in [0.2, 0.25) is 0 Å². The van der Waals surface area contributed by atoms with Crippen molar-refractivity contribution in [3.63, 3.8) is 0 Å². The molecule has 0 saturated heterocycles. The lowest BCUT2D eigenvalue weighted by molar-refractivity contribution is 0.556. The molecule has 3 heterocycles. The van der Waals surface area contributed by atoms with Gasteiger partial charge in [0.05, 0.1) is 6.54 Å². The van der Waals surface area contributed by atoms with Crippen LogP contribution in [0.4, 0.5) is 5.82 Å². The maximum atomic E-state index is 4.59. The van der Waals surface area contributed by atoms with Crippen LogP contribution >= 0.6 is 0 Å². The van der Waals surface area contributed by atoms with Gasteiger partial charge in [-0.2, -0.15) is 0 Å². The molecule has 2 aromatic rings. The van der Waals surface area contributed by atoms with Crippen molar-refractivity contribution >= 4 is 5.82 Å². The fourth-order valence-electron chi connectivity index (χ4n) is 2.49. The first-order valence-corrected chi connectivity index (χ1v) is 7.27. The standard InChI is InChI=1S/C15H21N5/c1-2-5-16-10-13-3-4-14(18-11-13)20-9-8-19-7-6-17-15(19)12-20/h3-4,6-7,11,16H,2,5,8-10,12H2,1H3. The van der Waals surface area contributed by atoms with Crippen LogP contribution in [0, 0.1) is 0 Å². The Morgan fingerprint density at radius 2 is 2.20 bits per heavy atom. The molecule has 1 N–H and O–H groups in total. The number of imidazole rings is 1. The molecule has 20 heavy (non-hydrogen) atoms. The van der Waals surface area contributed by atoms with Crippen LogP contribution in [0.1, 0.15) is 24.7 Å². The molecule has 0 saturated carbocycles. The summed E-state index contributed by atoms with van der Waals surface area (Å²) in [4.78, 5) is 11.3. The van der Waals surface area contributed by atoms with Crippen molar-refractivity contribution in [2.45, 2.75) is 33.0 Å². The summed E-state index contributed by atoms with van der Waals surface area (Å²) in [5, 5.41) is 3.39. The summed E-state index contributed by atoms with van der Waals surface area (Å²) in [6.07, 6.45) is 7.04. The van der Waals surface area contributed by atoms with E-state index >= 15 is 0 Å². The van der Waals surface area contributed by atoms with Crippen molar-refractivity contribution in [3.05, 3.63) is 42.1 Å². The third kappa shape index (κ3) is 2.82. The molecule has 5 heteroatoms. The van der Waals surface area contributed by atoms with E-state index in [-0.39, 0.29) is 0 Å². The van der Waals surface area contributed by atoms with Crippen LogP contribution in [0.15, 0.2) is 30.7 Å². The molecular weight excluding hydrogens is 250 g/mol. The normalized spacial score (nSPS) is 14.3. The van der Waals surface area contributed by atoms with Crippen LogP contribution in [0.5, 0.6) is 0 Å². The zero-order valence-electron chi connectivity index (χ0n) is 11.9. The van der Waals surface area contributed by atoms with E-state index < -0.39 is 0 Å². The largest absolute Gasteiger partial charge is 0.347 e. The van der Waals surface area contributed by atoms with Crippen molar-refractivity contribution < 1.29 is 0 Å². The summed E-state index contributed by atoms with van der Waals surface area (Å²) in [5.74, 6) is 2.16. The predicted molar refractivity (Wildman–Crippen MR) is 79.5 cm³/mol. The second-order valence-corrected chi connectivity index (χ2v) is 5.16. The molecular formula is C15H21N5. The van der Waals surface area contributed by atoms with Gasteiger partial charge in [-0.1, -0.05) is 13.0 Å². The Hall–Kier alpha value is -1.88. The minimum atomic E-state index is 0.841. The Bertz CT molecular complexity index is 546. The Labute approximate surface area is 119 Å². The molecule has 0 aliphatic carbocycles. The highest BCUT2D eigenvalue weighted by Crippen LogP contribution is 2.18. The molecule has 0 amide bonds. The number of fused-ring (bicyclic) bond motifs is 1. The van der Waals surface area contributed by atoms with Gasteiger partial charge in [-0.15, -0.1) is 0 Å². The van der Waals surface area contributed by atoms with Crippen LogP contribution in [0.25, 0.3) is 0 Å². The number of hydrogen-bond acceptors (Lipinski definition) is 4. The van der Waals surface area contributed by atoms with E-state index in [9.17, 15) is 0 Å². The maximum absolute atomic E-state index is 4.59. The number of pyridine rings is 1. The maximum Gasteiger partial charge on any atom is 0.128 e. The minimum Gasteiger partial charge on any atom is -0.347 e. The van der Waals surface area contributed by atoms with Gasteiger partial charge in [-0.3, -0.25) is 0 Å². The lowest BCUT2D eigenvalue weighted by Gasteiger charge is -2.28. The van der Waals surface area contributed by atoms with Crippen LogP contribution in [-0.4, -0.2) is 27.6 Å². The topological polar surface area (TPSA) is 46.0 Å². The summed E-state index contributed by atoms with van der Waals surface area (Å²) >= 11 is 0. The minimum absolute atomic E-state index is 0.841. The van der Waals surface area contributed by atoms with Gasteiger partial charge in [-0.25, -0.2) is 9.97 Å². The molecule has 1 aliphatic heterocycles. The van der Waals surface area contributed by atoms with Crippen molar-refractivity contribution in [2.75, 3.05) is 18.0 Å². The summed E-state index contributed by atoms with van der Waals surface area (Å²) < 4.78 is 2.21. The van der Waals surface area contributed by atoms with Gasteiger partial charge in [-0.05, 0) is 24.6 Å². The van der Waals surface area contributed by atoms with Gasteiger partial charge in [0.15, 0.2) is 0 Å². The number of nitrogens with zero attached hydrogens (tertiary/aromatic N) is 4. The lowest BCUT2D eigenvalue weighted by atomic mass is 10.2. The van der Waals surface area contributed by atoms with E-state index in [1.807, 2.05) is 18.6 Å². The van der Waals surface area contributed by atoms with Crippen LogP contribution in [0.2, 0.25) is 0 Å². The van der Waals surface area contributed by atoms with Gasteiger partial charge in [0, 0.05) is 38.2 Å². The van der Waals surface area contributed by atoms with Gasteiger partial charge >= 0.3 is 0 Å². The van der Waals surface area contributed by atoms with Gasteiger partial charge in [0.1, 0.15) is 11.6 Å². The number of anilines is 1. The van der Waals surface area contributed by atoms with Crippen molar-refractivity contribution in [3.8, 4) is 0 Å². The molecule has 3 rings (SSSR count). The molecule has 0 bridgehead atoms. The summed E-state index contributed by atoms with van der Waals surface area (Å²) in [5.41, 5.74) is 1.24. The number of hydrogen-bond donors (Lipinski definition) is 1. The molecule has 0 radical (unpaired) electrons.